The summed E-state index contributed by atoms with van der Waals surface area (Å²) in [5.41, 5.74) is -0.746. The van der Waals surface area contributed by atoms with Crippen LogP contribution in [-0.2, 0) is 18.9 Å². The van der Waals surface area contributed by atoms with Gasteiger partial charge in [0.05, 0.1) is 12.1 Å². The van der Waals surface area contributed by atoms with Crippen molar-refractivity contribution in [2.24, 2.45) is 5.92 Å². The molecule has 0 aliphatic rings. The fourth-order valence-corrected chi connectivity index (χ4v) is 3.39. The SMILES string of the molecule is CCCCCCCCNC(=O)CCC(CP(=O)(O)O)C(=O)OC(C)(C)C. The number of carbonyl (C=O) groups is 2. The smallest absolute Gasteiger partial charge is 0.326 e. The summed E-state index contributed by atoms with van der Waals surface area (Å²) in [4.78, 5) is 42.4. The summed E-state index contributed by atoms with van der Waals surface area (Å²) in [5, 5.41) is 2.79. The average Bonchev–Trinajstić information content (AvgIpc) is 2.47. The zero-order valence-corrected chi connectivity index (χ0v) is 17.5. The number of esters is 1. The Kier molecular flexibility index (Phi) is 12.0. The van der Waals surface area contributed by atoms with Gasteiger partial charge in [-0.25, -0.2) is 0 Å². The molecule has 0 saturated carbocycles. The van der Waals surface area contributed by atoms with Crippen molar-refractivity contribution in [3.8, 4) is 0 Å². The van der Waals surface area contributed by atoms with Gasteiger partial charge >= 0.3 is 13.6 Å². The Bertz CT molecular complexity index is 469. The number of unbranched alkanes of at least 4 members (excludes halogenated alkanes) is 5. The van der Waals surface area contributed by atoms with Crippen molar-refractivity contribution in [1.29, 1.82) is 0 Å². The van der Waals surface area contributed by atoms with Gasteiger partial charge in [0.2, 0.25) is 5.91 Å². The third kappa shape index (κ3) is 15.4. The molecule has 0 saturated heterocycles. The average molecular weight is 393 g/mol. The number of amides is 1. The van der Waals surface area contributed by atoms with Gasteiger partial charge < -0.3 is 19.8 Å². The molecule has 1 atom stereocenters. The maximum absolute atomic E-state index is 12.1. The van der Waals surface area contributed by atoms with E-state index in [1.54, 1.807) is 20.8 Å². The van der Waals surface area contributed by atoms with E-state index in [9.17, 15) is 14.2 Å². The molecule has 154 valence electrons. The van der Waals surface area contributed by atoms with E-state index in [-0.39, 0.29) is 18.7 Å². The molecule has 0 bridgehead atoms. The van der Waals surface area contributed by atoms with Gasteiger partial charge in [-0.3, -0.25) is 14.2 Å². The van der Waals surface area contributed by atoms with E-state index in [1.807, 2.05) is 0 Å². The van der Waals surface area contributed by atoms with Crippen molar-refractivity contribution in [1.82, 2.24) is 5.32 Å². The van der Waals surface area contributed by atoms with Crippen LogP contribution < -0.4 is 5.32 Å². The minimum absolute atomic E-state index is 0.0414. The summed E-state index contributed by atoms with van der Waals surface area (Å²) in [5.74, 6) is -1.88. The van der Waals surface area contributed by atoms with Crippen molar-refractivity contribution < 1.29 is 28.7 Å². The fraction of sp³-hybridized carbons (Fsp3) is 0.889. The van der Waals surface area contributed by atoms with Crippen LogP contribution in [0.25, 0.3) is 0 Å². The zero-order chi connectivity index (χ0) is 20.2. The molecule has 26 heavy (non-hydrogen) atoms. The fourth-order valence-electron chi connectivity index (χ4n) is 2.48. The van der Waals surface area contributed by atoms with Crippen LogP contribution in [0.3, 0.4) is 0 Å². The minimum Gasteiger partial charge on any atom is -0.460 e. The van der Waals surface area contributed by atoms with Crippen LogP contribution in [-0.4, -0.2) is 40.0 Å². The molecule has 3 N–H and O–H groups in total. The summed E-state index contributed by atoms with van der Waals surface area (Å²) in [6.45, 7) is 7.81. The van der Waals surface area contributed by atoms with E-state index < -0.39 is 31.2 Å². The lowest BCUT2D eigenvalue weighted by molar-refractivity contribution is -0.159. The summed E-state index contributed by atoms with van der Waals surface area (Å²) < 4.78 is 16.5. The highest BCUT2D eigenvalue weighted by molar-refractivity contribution is 7.51. The lowest BCUT2D eigenvalue weighted by Crippen LogP contribution is -2.32. The van der Waals surface area contributed by atoms with Crippen LogP contribution in [0.4, 0.5) is 0 Å². The Hall–Kier alpha value is -0.910. The van der Waals surface area contributed by atoms with Gasteiger partial charge in [0, 0.05) is 13.0 Å². The van der Waals surface area contributed by atoms with Crippen LogP contribution in [0.1, 0.15) is 79.1 Å². The monoisotopic (exact) mass is 393 g/mol. The highest BCUT2D eigenvalue weighted by atomic mass is 31.2. The molecule has 0 aliphatic heterocycles. The Morgan fingerprint density at radius 3 is 2.19 bits per heavy atom. The largest absolute Gasteiger partial charge is 0.460 e. The standard InChI is InChI=1S/C18H36NO6P/c1-5-6-7-8-9-10-13-19-16(20)12-11-15(14-26(22,23)24)17(21)25-18(2,3)4/h15H,5-14H2,1-4H3,(H,19,20)(H2,22,23,24). The van der Waals surface area contributed by atoms with Gasteiger partial charge in [0.1, 0.15) is 5.60 Å². The van der Waals surface area contributed by atoms with E-state index in [0.29, 0.717) is 6.54 Å². The molecule has 0 aromatic heterocycles. The molecular weight excluding hydrogens is 357 g/mol. The van der Waals surface area contributed by atoms with Crippen molar-refractivity contribution in [3.05, 3.63) is 0 Å². The first-order valence-corrected chi connectivity index (χ1v) is 11.3. The number of carbonyl (C=O) groups excluding carboxylic acids is 2. The molecule has 0 spiro atoms. The van der Waals surface area contributed by atoms with Gasteiger partial charge in [-0.15, -0.1) is 0 Å². The molecule has 1 unspecified atom stereocenters. The summed E-state index contributed by atoms with van der Waals surface area (Å²) >= 11 is 0. The molecular formula is C18H36NO6P. The Labute approximate surface area is 157 Å². The molecule has 0 radical (unpaired) electrons. The molecule has 0 aromatic rings. The molecule has 0 aliphatic carbocycles. The molecule has 1 amide bonds. The summed E-state index contributed by atoms with van der Waals surface area (Å²) in [6, 6.07) is 0. The molecule has 0 heterocycles. The van der Waals surface area contributed by atoms with Gasteiger partial charge in [0.15, 0.2) is 0 Å². The second-order valence-electron chi connectivity index (χ2n) is 7.73. The Morgan fingerprint density at radius 1 is 1.08 bits per heavy atom. The van der Waals surface area contributed by atoms with Crippen LogP contribution in [0.5, 0.6) is 0 Å². The Morgan fingerprint density at radius 2 is 1.65 bits per heavy atom. The van der Waals surface area contributed by atoms with Gasteiger partial charge in [-0.1, -0.05) is 39.0 Å². The highest BCUT2D eigenvalue weighted by Gasteiger charge is 2.31. The third-order valence-electron chi connectivity index (χ3n) is 3.77. The number of hydrogen-bond acceptors (Lipinski definition) is 4. The van der Waals surface area contributed by atoms with Crippen molar-refractivity contribution in [3.63, 3.8) is 0 Å². The van der Waals surface area contributed by atoms with E-state index >= 15 is 0 Å². The second-order valence-corrected chi connectivity index (χ2v) is 9.43. The van der Waals surface area contributed by atoms with E-state index in [2.05, 4.69) is 12.2 Å². The van der Waals surface area contributed by atoms with Gasteiger partial charge in [-0.05, 0) is 33.6 Å². The van der Waals surface area contributed by atoms with Crippen LogP contribution >= 0.6 is 7.60 Å². The van der Waals surface area contributed by atoms with E-state index in [0.717, 1.165) is 19.3 Å². The Balaban J connectivity index is 4.27. The maximum Gasteiger partial charge on any atom is 0.326 e. The quantitative estimate of drug-likeness (QED) is 0.251. The molecule has 0 fully saturated rings. The van der Waals surface area contributed by atoms with Crippen LogP contribution in [0.2, 0.25) is 0 Å². The second kappa shape index (κ2) is 12.5. The van der Waals surface area contributed by atoms with Gasteiger partial charge in [0.25, 0.3) is 0 Å². The first-order chi connectivity index (χ1) is 11.9. The normalized spacial score (nSPS) is 13.3. The molecule has 0 aromatic carbocycles. The summed E-state index contributed by atoms with van der Waals surface area (Å²) in [7, 11) is -4.37. The third-order valence-corrected chi connectivity index (χ3v) is 4.69. The number of rotatable bonds is 13. The highest BCUT2D eigenvalue weighted by Crippen LogP contribution is 2.38. The van der Waals surface area contributed by atoms with Crippen LogP contribution in [0.15, 0.2) is 0 Å². The topological polar surface area (TPSA) is 113 Å². The molecule has 7 nitrogen and oxygen atoms in total. The number of nitrogens with one attached hydrogen (secondary N) is 1. The lowest BCUT2D eigenvalue weighted by Gasteiger charge is -2.24. The van der Waals surface area contributed by atoms with Crippen molar-refractivity contribution >= 4 is 19.5 Å². The minimum atomic E-state index is -4.37. The van der Waals surface area contributed by atoms with Crippen molar-refractivity contribution in [2.75, 3.05) is 12.7 Å². The maximum atomic E-state index is 12.1. The molecule has 8 heteroatoms. The van der Waals surface area contributed by atoms with Crippen LogP contribution in [0, 0.1) is 5.92 Å². The number of hydrogen-bond donors (Lipinski definition) is 3. The van der Waals surface area contributed by atoms with Crippen molar-refractivity contribution in [2.45, 2.75) is 84.7 Å². The first kappa shape index (κ1) is 25.1. The first-order valence-electron chi connectivity index (χ1n) is 9.48. The zero-order valence-electron chi connectivity index (χ0n) is 16.6. The lowest BCUT2D eigenvalue weighted by atomic mass is 10.0. The predicted octanol–water partition coefficient (Wildman–Crippen LogP) is 3.38. The number of ether oxygens (including phenoxy) is 1. The van der Waals surface area contributed by atoms with E-state index in [1.165, 1.54) is 19.3 Å². The van der Waals surface area contributed by atoms with E-state index in [4.69, 9.17) is 14.5 Å². The summed E-state index contributed by atoms with van der Waals surface area (Å²) in [6.07, 6.45) is 6.28. The predicted molar refractivity (Wildman–Crippen MR) is 102 cm³/mol. The molecule has 0 rings (SSSR count). The van der Waals surface area contributed by atoms with Gasteiger partial charge in [-0.2, -0.15) is 0 Å².